The number of carbonyl (C=O) groups is 1. The first-order valence-electron chi connectivity index (χ1n) is 8.08. The lowest BCUT2D eigenvalue weighted by atomic mass is 10.2. The first-order chi connectivity index (χ1) is 11.6. The summed E-state index contributed by atoms with van der Waals surface area (Å²) in [5, 5.41) is 2.90. The molecule has 0 atom stereocenters. The number of piperazine rings is 1. The fraction of sp³-hybridized carbons (Fsp3) is 0.412. The molecule has 0 saturated carbocycles. The van der Waals surface area contributed by atoms with Crippen molar-refractivity contribution < 1.29 is 4.79 Å². The van der Waals surface area contributed by atoms with Gasteiger partial charge in [0.25, 0.3) is 5.91 Å². The van der Waals surface area contributed by atoms with Gasteiger partial charge in [0, 0.05) is 50.8 Å². The van der Waals surface area contributed by atoms with E-state index in [9.17, 15) is 4.79 Å². The highest BCUT2D eigenvalue weighted by molar-refractivity contribution is 5.92. The van der Waals surface area contributed by atoms with Crippen LogP contribution in [0.15, 0.2) is 30.6 Å². The molecule has 1 aliphatic rings. The molecule has 1 saturated heterocycles. The number of nitrogens with zero attached hydrogens (tertiary/aromatic N) is 5. The van der Waals surface area contributed by atoms with Crippen molar-refractivity contribution in [1.82, 2.24) is 25.2 Å². The van der Waals surface area contributed by atoms with Gasteiger partial charge >= 0.3 is 0 Å². The van der Waals surface area contributed by atoms with Crippen molar-refractivity contribution >= 4 is 11.9 Å². The van der Waals surface area contributed by atoms with Gasteiger partial charge in [-0.05, 0) is 37.7 Å². The zero-order valence-electron chi connectivity index (χ0n) is 14.1. The molecule has 3 heterocycles. The first-order valence-corrected chi connectivity index (χ1v) is 8.08. The van der Waals surface area contributed by atoms with Crippen molar-refractivity contribution in [2.45, 2.75) is 13.5 Å². The third-order valence-electron chi connectivity index (χ3n) is 4.06. The second-order valence-corrected chi connectivity index (χ2v) is 6.02. The molecular weight excluding hydrogens is 304 g/mol. The van der Waals surface area contributed by atoms with E-state index in [1.165, 1.54) is 0 Å². The van der Waals surface area contributed by atoms with Crippen molar-refractivity contribution in [1.29, 1.82) is 0 Å². The van der Waals surface area contributed by atoms with E-state index in [-0.39, 0.29) is 5.91 Å². The van der Waals surface area contributed by atoms with E-state index in [1.807, 2.05) is 19.1 Å². The molecule has 2 aromatic rings. The van der Waals surface area contributed by atoms with Gasteiger partial charge in [-0.3, -0.25) is 9.78 Å². The number of hydrogen-bond donors (Lipinski definition) is 1. The van der Waals surface area contributed by atoms with E-state index in [4.69, 9.17) is 0 Å². The smallest absolute Gasteiger partial charge is 0.270 e. The molecular formula is C17H22N6O. The van der Waals surface area contributed by atoms with E-state index in [1.54, 1.807) is 18.5 Å². The fourth-order valence-electron chi connectivity index (χ4n) is 2.59. The Balaban J connectivity index is 1.69. The van der Waals surface area contributed by atoms with Crippen LogP contribution in [0, 0.1) is 6.92 Å². The summed E-state index contributed by atoms with van der Waals surface area (Å²) >= 11 is 0. The maximum Gasteiger partial charge on any atom is 0.270 e. The van der Waals surface area contributed by atoms with Gasteiger partial charge in [-0.1, -0.05) is 0 Å². The molecule has 2 aromatic heterocycles. The van der Waals surface area contributed by atoms with Crippen LogP contribution in [-0.4, -0.2) is 59.0 Å². The van der Waals surface area contributed by atoms with E-state index < -0.39 is 0 Å². The van der Waals surface area contributed by atoms with Gasteiger partial charge in [-0.15, -0.1) is 0 Å². The summed E-state index contributed by atoms with van der Waals surface area (Å²) in [7, 11) is 2.10. The zero-order chi connectivity index (χ0) is 16.9. The van der Waals surface area contributed by atoms with Crippen molar-refractivity contribution in [2.24, 2.45) is 0 Å². The average Bonchev–Trinajstić information content (AvgIpc) is 2.60. The van der Waals surface area contributed by atoms with Crippen molar-refractivity contribution in [3.8, 4) is 0 Å². The van der Waals surface area contributed by atoms with Crippen LogP contribution in [0.1, 0.15) is 21.7 Å². The molecule has 0 radical (unpaired) electrons. The minimum absolute atomic E-state index is 0.187. The van der Waals surface area contributed by atoms with Gasteiger partial charge < -0.3 is 15.1 Å². The standard InChI is InChI=1S/C17H22N6O/c1-13-11-15(16(24)19-12-14-3-5-18-6-4-14)21-17(20-13)23-9-7-22(2)8-10-23/h3-6,11H,7-10,12H2,1-2H3,(H,19,24). The molecule has 24 heavy (non-hydrogen) atoms. The minimum Gasteiger partial charge on any atom is -0.347 e. The van der Waals surface area contributed by atoms with E-state index in [0.29, 0.717) is 18.2 Å². The highest BCUT2D eigenvalue weighted by Crippen LogP contribution is 2.13. The molecule has 0 spiro atoms. The van der Waals surface area contributed by atoms with E-state index in [2.05, 4.69) is 37.1 Å². The highest BCUT2D eigenvalue weighted by Gasteiger charge is 2.19. The first kappa shape index (κ1) is 16.3. The monoisotopic (exact) mass is 326 g/mol. The molecule has 0 aliphatic carbocycles. The van der Waals surface area contributed by atoms with Crippen molar-refractivity contribution in [2.75, 3.05) is 38.1 Å². The predicted molar refractivity (Wildman–Crippen MR) is 91.9 cm³/mol. The summed E-state index contributed by atoms with van der Waals surface area (Å²) in [6.45, 7) is 6.03. The molecule has 7 heteroatoms. The number of carbonyl (C=O) groups excluding carboxylic acids is 1. The maximum absolute atomic E-state index is 12.4. The average molecular weight is 326 g/mol. The largest absolute Gasteiger partial charge is 0.347 e. The van der Waals surface area contributed by atoms with E-state index in [0.717, 1.165) is 37.4 Å². The van der Waals surface area contributed by atoms with Crippen LogP contribution in [0.25, 0.3) is 0 Å². The quantitative estimate of drug-likeness (QED) is 0.898. The minimum atomic E-state index is -0.187. The summed E-state index contributed by atoms with van der Waals surface area (Å²) < 4.78 is 0. The van der Waals surface area contributed by atoms with Gasteiger partial charge in [-0.2, -0.15) is 0 Å². The van der Waals surface area contributed by atoms with Gasteiger partial charge in [0.05, 0.1) is 0 Å². The number of rotatable bonds is 4. The number of anilines is 1. The summed E-state index contributed by atoms with van der Waals surface area (Å²) in [5.41, 5.74) is 2.21. The number of aromatic nitrogens is 3. The van der Waals surface area contributed by atoms with E-state index >= 15 is 0 Å². The third-order valence-corrected chi connectivity index (χ3v) is 4.06. The van der Waals surface area contributed by atoms with Crippen molar-refractivity contribution in [3.05, 3.63) is 47.5 Å². The molecule has 3 rings (SSSR count). The molecule has 7 nitrogen and oxygen atoms in total. The number of aryl methyl sites for hydroxylation is 1. The normalized spacial score (nSPS) is 15.3. The third kappa shape index (κ3) is 4.05. The Kier molecular flexibility index (Phi) is 5.00. The van der Waals surface area contributed by atoms with Crippen LogP contribution < -0.4 is 10.2 Å². The summed E-state index contributed by atoms with van der Waals surface area (Å²) in [4.78, 5) is 29.7. The highest BCUT2D eigenvalue weighted by atomic mass is 16.1. The van der Waals surface area contributed by atoms with Crippen LogP contribution in [0.5, 0.6) is 0 Å². The zero-order valence-corrected chi connectivity index (χ0v) is 14.1. The van der Waals surface area contributed by atoms with Gasteiger partial charge in [0.2, 0.25) is 5.95 Å². The lowest BCUT2D eigenvalue weighted by Crippen LogP contribution is -2.45. The number of nitrogens with one attached hydrogen (secondary N) is 1. The second kappa shape index (κ2) is 7.35. The topological polar surface area (TPSA) is 74.2 Å². The Labute approximate surface area is 141 Å². The van der Waals surface area contributed by atoms with Crippen LogP contribution in [0.2, 0.25) is 0 Å². The SMILES string of the molecule is Cc1cc(C(=O)NCc2ccncc2)nc(N2CCN(C)CC2)n1. The van der Waals surface area contributed by atoms with Crippen LogP contribution in [-0.2, 0) is 6.54 Å². The van der Waals surface area contributed by atoms with Gasteiger partial charge in [-0.25, -0.2) is 9.97 Å². The molecule has 1 N–H and O–H groups in total. The van der Waals surface area contributed by atoms with Gasteiger partial charge in [0.15, 0.2) is 0 Å². The summed E-state index contributed by atoms with van der Waals surface area (Å²) in [5.74, 6) is 0.449. The number of hydrogen-bond acceptors (Lipinski definition) is 6. The molecule has 1 aliphatic heterocycles. The summed E-state index contributed by atoms with van der Waals surface area (Å²) in [6, 6.07) is 5.48. The van der Waals surface area contributed by atoms with Crippen LogP contribution >= 0.6 is 0 Å². The molecule has 1 fully saturated rings. The molecule has 126 valence electrons. The molecule has 1 amide bonds. The van der Waals surface area contributed by atoms with Crippen molar-refractivity contribution in [3.63, 3.8) is 0 Å². The molecule has 0 bridgehead atoms. The van der Waals surface area contributed by atoms with Gasteiger partial charge in [0.1, 0.15) is 5.69 Å². The number of likely N-dealkylation sites (N-methyl/N-ethyl adjacent to an activating group) is 1. The Morgan fingerprint density at radius 3 is 2.58 bits per heavy atom. The van der Waals surface area contributed by atoms with Crippen LogP contribution in [0.4, 0.5) is 5.95 Å². The lowest BCUT2D eigenvalue weighted by Gasteiger charge is -2.32. The Morgan fingerprint density at radius 2 is 1.88 bits per heavy atom. The fourth-order valence-corrected chi connectivity index (χ4v) is 2.59. The Hall–Kier alpha value is -2.54. The lowest BCUT2D eigenvalue weighted by molar-refractivity contribution is 0.0945. The molecule has 0 aromatic carbocycles. The Morgan fingerprint density at radius 1 is 1.17 bits per heavy atom. The summed E-state index contributed by atoms with van der Waals surface area (Å²) in [6.07, 6.45) is 3.42. The Bertz CT molecular complexity index is 697. The molecule has 0 unspecified atom stereocenters. The number of amides is 1. The van der Waals surface area contributed by atoms with Crippen LogP contribution in [0.3, 0.4) is 0 Å². The maximum atomic E-state index is 12.4. The number of pyridine rings is 1. The predicted octanol–water partition coefficient (Wildman–Crippen LogP) is 0.862. The second-order valence-electron chi connectivity index (χ2n) is 6.02.